The van der Waals surface area contributed by atoms with Crippen molar-refractivity contribution in [3.05, 3.63) is 28.3 Å². The fraction of sp³-hybridized carbons (Fsp3) is 0.579. The molecule has 144 valence electrons. The second-order valence-corrected chi connectivity index (χ2v) is 7.04. The van der Waals surface area contributed by atoms with Gasteiger partial charge in [0.2, 0.25) is 11.8 Å². The lowest BCUT2D eigenvalue weighted by atomic mass is 10.1. The largest absolute Gasteiger partial charge is 0.379 e. The van der Waals surface area contributed by atoms with Crippen molar-refractivity contribution in [1.82, 2.24) is 10.2 Å². The van der Waals surface area contributed by atoms with Crippen molar-refractivity contribution in [3.8, 4) is 0 Å². The molecule has 6 nitrogen and oxygen atoms in total. The van der Waals surface area contributed by atoms with E-state index in [9.17, 15) is 9.59 Å². The van der Waals surface area contributed by atoms with Crippen molar-refractivity contribution in [2.45, 2.75) is 27.2 Å². The standard InChI is InChI=1S/C19H28ClN3O3/c1-14-12-15(2)19(17(20)13-14)23(16(3)24)6-4-18(25)21-5-7-22-8-10-26-11-9-22/h12-13H,4-11H2,1-3H3,(H,21,25). The van der Waals surface area contributed by atoms with Crippen LogP contribution in [0.1, 0.15) is 24.5 Å². The van der Waals surface area contributed by atoms with Crippen molar-refractivity contribution in [2.75, 3.05) is 50.8 Å². The third-order valence-corrected chi connectivity index (χ3v) is 4.75. The van der Waals surface area contributed by atoms with E-state index < -0.39 is 0 Å². The van der Waals surface area contributed by atoms with Gasteiger partial charge in [0.25, 0.3) is 0 Å². The van der Waals surface area contributed by atoms with E-state index >= 15 is 0 Å². The number of halogens is 1. The van der Waals surface area contributed by atoms with Gasteiger partial charge in [-0.3, -0.25) is 14.5 Å². The van der Waals surface area contributed by atoms with Crippen LogP contribution in [0.25, 0.3) is 0 Å². The molecule has 7 heteroatoms. The summed E-state index contributed by atoms with van der Waals surface area (Å²) < 4.78 is 5.31. The van der Waals surface area contributed by atoms with Crippen LogP contribution in [0.5, 0.6) is 0 Å². The molecule has 0 aliphatic carbocycles. The Morgan fingerprint density at radius 1 is 1.27 bits per heavy atom. The van der Waals surface area contributed by atoms with Crippen molar-refractivity contribution in [3.63, 3.8) is 0 Å². The summed E-state index contributed by atoms with van der Waals surface area (Å²) in [7, 11) is 0. The molecule has 2 rings (SSSR count). The Balaban J connectivity index is 1.86. The van der Waals surface area contributed by atoms with Gasteiger partial charge in [-0.2, -0.15) is 0 Å². The van der Waals surface area contributed by atoms with E-state index in [1.807, 2.05) is 26.0 Å². The number of rotatable bonds is 7. The second-order valence-electron chi connectivity index (χ2n) is 6.64. The van der Waals surface area contributed by atoms with E-state index in [1.54, 1.807) is 4.90 Å². The zero-order chi connectivity index (χ0) is 19.1. The Morgan fingerprint density at radius 2 is 1.96 bits per heavy atom. The number of carbonyl (C=O) groups is 2. The zero-order valence-corrected chi connectivity index (χ0v) is 16.6. The van der Waals surface area contributed by atoms with Crippen LogP contribution in [-0.4, -0.2) is 62.7 Å². The molecule has 1 aromatic rings. The minimum absolute atomic E-state index is 0.0644. The lowest BCUT2D eigenvalue weighted by molar-refractivity contribution is -0.121. The molecule has 2 amide bonds. The van der Waals surface area contributed by atoms with Crippen molar-refractivity contribution < 1.29 is 14.3 Å². The van der Waals surface area contributed by atoms with Gasteiger partial charge in [0.15, 0.2) is 0 Å². The number of hydrogen-bond acceptors (Lipinski definition) is 4. The van der Waals surface area contributed by atoms with Gasteiger partial charge in [0.05, 0.1) is 23.9 Å². The molecule has 0 bridgehead atoms. The number of anilines is 1. The smallest absolute Gasteiger partial charge is 0.223 e. The molecular weight excluding hydrogens is 354 g/mol. The number of carbonyl (C=O) groups excluding carboxylic acids is 2. The van der Waals surface area contributed by atoms with Gasteiger partial charge in [-0.05, 0) is 31.0 Å². The van der Waals surface area contributed by atoms with Crippen molar-refractivity contribution in [2.24, 2.45) is 0 Å². The van der Waals surface area contributed by atoms with Gasteiger partial charge in [-0.1, -0.05) is 17.7 Å². The maximum atomic E-state index is 12.1. The van der Waals surface area contributed by atoms with Crippen LogP contribution in [0.2, 0.25) is 5.02 Å². The minimum Gasteiger partial charge on any atom is -0.379 e. The van der Waals surface area contributed by atoms with Gasteiger partial charge in [-0.15, -0.1) is 0 Å². The number of nitrogens with zero attached hydrogens (tertiary/aromatic N) is 2. The number of morpholine rings is 1. The van der Waals surface area contributed by atoms with Gasteiger partial charge < -0.3 is 15.0 Å². The molecular formula is C19H28ClN3O3. The molecule has 0 unspecified atom stereocenters. The van der Waals surface area contributed by atoms with E-state index in [1.165, 1.54) is 6.92 Å². The highest BCUT2D eigenvalue weighted by atomic mass is 35.5. The lowest BCUT2D eigenvalue weighted by Crippen LogP contribution is -2.42. The highest BCUT2D eigenvalue weighted by Gasteiger charge is 2.19. The fourth-order valence-corrected chi connectivity index (χ4v) is 3.58. The third kappa shape index (κ3) is 5.97. The van der Waals surface area contributed by atoms with Crippen molar-refractivity contribution >= 4 is 29.1 Å². The molecule has 1 aromatic carbocycles. The minimum atomic E-state index is -0.125. The highest BCUT2D eigenvalue weighted by Crippen LogP contribution is 2.31. The molecule has 1 heterocycles. The molecule has 1 aliphatic heterocycles. The Bertz CT molecular complexity index is 622. The summed E-state index contributed by atoms with van der Waals surface area (Å²) in [5.74, 6) is -0.189. The average Bonchev–Trinajstić information content (AvgIpc) is 2.57. The predicted octanol–water partition coefficient (Wildman–Crippen LogP) is 2.15. The molecule has 0 aromatic heterocycles. The summed E-state index contributed by atoms with van der Waals surface area (Å²) in [6.07, 6.45) is 0.242. The second kappa shape index (κ2) is 9.90. The lowest BCUT2D eigenvalue weighted by Gasteiger charge is -2.26. The molecule has 1 N–H and O–H groups in total. The molecule has 0 saturated carbocycles. The first kappa shape index (κ1) is 20.7. The zero-order valence-electron chi connectivity index (χ0n) is 15.8. The quantitative estimate of drug-likeness (QED) is 0.786. The van der Waals surface area contributed by atoms with Gasteiger partial charge in [0.1, 0.15) is 0 Å². The molecule has 1 saturated heterocycles. The Labute approximate surface area is 160 Å². The topological polar surface area (TPSA) is 61.9 Å². The summed E-state index contributed by atoms with van der Waals surface area (Å²) in [5, 5.41) is 3.45. The number of ether oxygens (including phenoxy) is 1. The van der Waals surface area contributed by atoms with Crippen LogP contribution < -0.4 is 10.2 Å². The van der Waals surface area contributed by atoms with Crippen LogP contribution in [-0.2, 0) is 14.3 Å². The molecule has 26 heavy (non-hydrogen) atoms. The third-order valence-electron chi connectivity index (χ3n) is 4.46. The number of aryl methyl sites for hydroxylation is 2. The first-order valence-corrected chi connectivity index (χ1v) is 9.38. The number of benzene rings is 1. The number of nitrogens with one attached hydrogen (secondary N) is 1. The molecule has 0 radical (unpaired) electrons. The summed E-state index contributed by atoms with van der Waals surface area (Å²) in [6, 6.07) is 3.82. The van der Waals surface area contributed by atoms with E-state index in [2.05, 4.69) is 10.2 Å². The van der Waals surface area contributed by atoms with Crippen LogP contribution in [0.15, 0.2) is 12.1 Å². The number of amides is 2. The van der Waals surface area contributed by atoms with Crippen molar-refractivity contribution in [1.29, 1.82) is 0 Å². The van der Waals surface area contributed by atoms with E-state index in [-0.39, 0.29) is 18.2 Å². The normalized spacial score (nSPS) is 14.9. The average molecular weight is 382 g/mol. The summed E-state index contributed by atoms with van der Waals surface area (Å²) in [4.78, 5) is 28.1. The summed E-state index contributed by atoms with van der Waals surface area (Å²) in [5.41, 5.74) is 2.66. The van der Waals surface area contributed by atoms with Crippen LogP contribution in [0.3, 0.4) is 0 Å². The monoisotopic (exact) mass is 381 g/mol. The Morgan fingerprint density at radius 3 is 2.58 bits per heavy atom. The van der Waals surface area contributed by atoms with Crippen LogP contribution in [0, 0.1) is 13.8 Å². The van der Waals surface area contributed by atoms with E-state index in [4.69, 9.17) is 16.3 Å². The van der Waals surface area contributed by atoms with E-state index in [0.717, 1.165) is 44.0 Å². The molecule has 1 aliphatic rings. The van der Waals surface area contributed by atoms with E-state index in [0.29, 0.717) is 23.8 Å². The predicted molar refractivity (Wildman–Crippen MR) is 104 cm³/mol. The Kier molecular flexibility index (Phi) is 7.87. The van der Waals surface area contributed by atoms with Gasteiger partial charge >= 0.3 is 0 Å². The SMILES string of the molecule is CC(=O)N(CCC(=O)NCCN1CCOCC1)c1c(C)cc(C)cc1Cl. The summed E-state index contributed by atoms with van der Waals surface area (Å²) in [6.45, 7) is 10.4. The van der Waals surface area contributed by atoms with Crippen LogP contribution in [0.4, 0.5) is 5.69 Å². The molecule has 0 spiro atoms. The summed E-state index contributed by atoms with van der Waals surface area (Å²) >= 11 is 6.35. The maximum absolute atomic E-state index is 12.1. The highest BCUT2D eigenvalue weighted by molar-refractivity contribution is 6.34. The Hall–Kier alpha value is -1.63. The maximum Gasteiger partial charge on any atom is 0.223 e. The fourth-order valence-electron chi connectivity index (χ4n) is 3.16. The molecule has 0 atom stereocenters. The van der Waals surface area contributed by atoms with Crippen LogP contribution >= 0.6 is 11.6 Å². The number of hydrogen-bond donors (Lipinski definition) is 1. The first-order valence-electron chi connectivity index (χ1n) is 9.00. The first-order chi connectivity index (χ1) is 12.4. The van der Waals surface area contributed by atoms with Gasteiger partial charge in [-0.25, -0.2) is 0 Å². The molecule has 1 fully saturated rings. The van der Waals surface area contributed by atoms with Gasteiger partial charge in [0, 0.05) is 46.1 Å².